The molecule has 0 aliphatic carbocycles. The van der Waals surface area contributed by atoms with Crippen LogP contribution in [0.1, 0.15) is 18.2 Å². The number of amides is 2. The van der Waals surface area contributed by atoms with Gasteiger partial charge in [0, 0.05) is 12.7 Å². The number of imide groups is 1. The van der Waals surface area contributed by atoms with E-state index in [0.717, 1.165) is 10.6 Å². The van der Waals surface area contributed by atoms with Crippen molar-refractivity contribution in [3.63, 3.8) is 0 Å². The molecule has 3 rings (SSSR count). The summed E-state index contributed by atoms with van der Waals surface area (Å²) in [6.45, 7) is 1.85. The Morgan fingerprint density at radius 3 is 2.68 bits per heavy atom. The molecule has 2 amide bonds. The second-order valence-electron chi connectivity index (χ2n) is 4.65. The summed E-state index contributed by atoms with van der Waals surface area (Å²) < 4.78 is 1.55. The molecule has 1 aliphatic heterocycles. The molecule has 98 valence electrons. The maximum atomic E-state index is 12.1. The lowest BCUT2D eigenvalue weighted by Gasteiger charge is -2.12. The first-order valence-electron chi connectivity index (χ1n) is 5.90. The van der Waals surface area contributed by atoms with Crippen LogP contribution < -0.4 is 5.73 Å². The van der Waals surface area contributed by atoms with E-state index in [1.165, 1.54) is 7.05 Å². The van der Waals surface area contributed by atoms with Gasteiger partial charge in [0.2, 0.25) is 11.9 Å². The number of likely N-dealkylation sites (tertiary alicyclic amines) is 1. The highest BCUT2D eigenvalue weighted by Crippen LogP contribution is 2.29. The SMILES string of the molecule is Cc1ccc2nc(N)n(C3CC(=O)N(C)C3=O)c2n1. The Kier molecular flexibility index (Phi) is 2.31. The Morgan fingerprint density at radius 2 is 2.05 bits per heavy atom. The lowest BCUT2D eigenvalue weighted by atomic mass is 10.2. The number of carbonyl (C=O) groups excluding carboxylic acids is 2. The van der Waals surface area contributed by atoms with Crippen molar-refractivity contribution in [3.8, 4) is 0 Å². The zero-order chi connectivity index (χ0) is 13.7. The minimum atomic E-state index is -0.642. The molecule has 3 heterocycles. The van der Waals surface area contributed by atoms with Gasteiger partial charge in [-0.05, 0) is 19.1 Å². The highest BCUT2D eigenvalue weighted by Gasteiger charge is 2.39. The Morgan fingerprint density at radius 1 is 1.32 bits per heavy atom. The van der Waals surface area contributed by atoms with Gasteiger partial charge in [-0.15, -0.1) is 0 Å². The van der Waals surface area contributed by atoms with Gasteiger partial charge in [0.15, 0.2) is 5.65 Å². The number of hydrogen-bond donors (Lipinski definition) is 1. The Balaban J connectivity index is 2.20. The number of carbonyl (C=O) groups is 2. The fraction of sp³-hybridized carbons (Fsp3) is 0.333. The number of likely N-dealkylation sites (N-methyl/N-ethyl adjacent to an activating group) is 1. The van der Waals surface area contributed by atoms with Crippen LogP contribution in [-0.2, 0) is 9.59 Å². The number of pyridine rings is 1. The average molecular weight is 259 g/mol. The van der Waals surface area contributed by atoms with Gasteiger partial charge >= 0.3 is 0 Å². The normalized spacial score (nSPS) is 19.7. The molecule has 0 bridgehead atoms. The summed E-state index contributed by atoms with van der Waals surface area (Å²) >= 11 is 0. The average Bonchev–Trinajstić information content (AvgIpc) is 2.80. The van der Waals surface area contributed by atoms with Gasteiger partial charge < -0.3 is 5.73 Å². The van der Waals surface area contributed by atoms with Crippen LogP contribution in [0.5, 0.6) is 0 Å². The van der Waals surface area contributed by atoms with Crippen LogP contribution in [0.2, 0.25) is 0 Å². The number of hydrogen-bond acceptors (Lipinski definition) is 5. The number of anilines is 1. The van der Waals surface area contributed by atoms with E-state index in [1.54, 1.807) is 10.6 Å². The van der Waals surface area contributed by atoms with E-state index < -0.39 is 6.04 Å². The number of rotatable bonds is 1. The predicted molar refractivity (Wildman–Crippen MR) is 68.1 cm³/mol. The van der Waals surface area contributed by atoms with E-state index in [0.29, 0.717) is 11.2 Å². The predicted octanol–water partition coefficient (Wildman–Crippen LogP) is 0.252. The van der Waals surface area contributed by atoms with Gasteiger partial charge in [0.1, 0.15) is 11.6 Å². The summed E-state index contributed by atoms with van der Waals surface area (Å²) in [5.41, 5.74) is 7.83. The quantitative estimate of drug-likeness (QED) is 0.741. The van der Waals surface area contributed by atoms with Crippen molar-refractivity contribution in [2.75, 3.05) is 12.8 Å². The highest BCUT2D eigenvalue weighted by atomic mass is 16.2. The van der Waals surface area contributed by atoms with Gasteiger partial charge in [-0.1, -0.05) is 0 Å². The standard InChI is InChI=1S/C12H13N5O2/c1-6-3-4-7-10(14-6)17(12(13)15-7)8-5-9(18)16(2)11(8)19/h3-4,8H,5H2,1-2H3,(H2,13,15). The number of aryl methyl sites for hydroxylation is 1. The monoisotopic (exact) mass is 259 g/mol. The summed E-state index contributed by atoms with van der Waals surface area (Å²) in [6, 6.07) is 2.99. The zero-order valence-corrected chi connectivity index (χ0v) is 10.6. The van der Waals surface area contributed by atoms with Crippen LogP contribution in [-0.4, -0.2) is 38.3 Å². The molecule has 7 heteroatoms. The molecule has 0 radical (unpaired) electrons. The maximum Gasteiger partial charge on any atom is 0.252 e. The maximum absolute atomic E-state index is 12.1. The van der Waals surface area contributed by atoms with Crippen LogP contribution in [0.15, 0.2) is 12.1 Å². The van der Waals surface area contributed by atoms with Crippen molar-refractivity contribution in [2.45, 2.75) is 19.4 Å². The Bertz CT molecular complexity index is 705. The number of nitrogen functional groups attached to an aromatic ring is 1. The van der Waals surface area contributed by atoms with E-state index in [1.807, 2.05) is 13.0 Å². The first-order valence-corrected chi connectivity index (χ1v) is 5.90. The van der Waals surface area contributed by atoms with Crippen LogP contribution in [0, 0.1) is 6.92 Å². The summed E-state index contributed by atoms with van der Waals surface area (Å²) in [5, 5.41) is 0. The molecule has 2 N–H and O–H groups in total. The smallest absolute Gasteiger partial charge is 0.252 e. The van der Waals surface area contributed by atoms with Crippen molar-refractivity contribution in [1.29, 1.82) is 0 Å². The van der Waals surface area contributed by atoms with E-state index >= 15 is 0 Å². The first kappa shape index (κ1) is 11.6. The molecule has 1 atom stereocenters. The van der Waals surface area contributed by atoms with E-state index in [2.05, 4.69) is 9.97 Å². The van der Waals surface area contributed by atoms with Crippen molar-refractivity contribution >= 4 is 28.9 Å². The van der Waals surface area contributed by atoms with E-state index in [9.17, 15) is 9.59 Å². The molecular formula is C12H13N5O2. The lowest BCUT2D eigenvalue weighted by Crippen LogP contribution is -2.27. The minimum absolute atomic E-state index is 0.0978. The number of fused-ring (bicyclic) bond motifs is 1. The van der Waals surface area contributed by atoms with Gasteiger partial charge in [-0.2, -0.15) is 0 Å². The van der Waals surface area contributed by atoms with Crippen molar-refractivity contribution in [2.24, 2.45) is 0 Å². The fourth-order valence-electron chi connectivity index (χ4n) is 2.33. The Hall–Kier alpha value is -2.44. The van der Waals surface area contributed by atoms with E-state index in [-0.39, 0.29) is 24.2 Å². The molecule has 0 aromatic carbocycles. The molecule has 0 spiro atoms. The molecule has 7 nitrogen and oxygen atoms in total. The molecule has 2 aromatic heterocycles. The minimum Gasteiger partial charge on any atom is -0.369 e. The lowest BCUT2D eigenvalue weighted by molar-refractivity contribution is -0.137. The molecule has 1 aliphatic rings. The summed E-state index contributed by atoms with van der Waals surface area (Å²) in [4.78, 5) is 33.3. The fourth-order valence-corrected chi connectivity index (χ4v) is 2.33. The molecule has 2 aromatic rings. The number of aromatic nitrogens is 3. The van der Waals surface area contributed by atoms with Crippen molar-refractivity contribution in [1.82, 2.24) is 19.4 Å². The molecule has 1 fully saturated rings. The first-order chi connectivity index (χ1) is 8.99. The second kappa shape index (κ2) is 3.78. The summed E-state index contributed by atoms with van der Waals surface area (Å²) in [6.07, 6.45) is 0.0978. The Labute approximate surface area is 109 Å². The van der Waals surface area contributed by atoms with Crippen LogP contribution in [0.4, 0.5) is 5.95 Å². The highest BCUT2D eigenvalue weighted by molar-refractivity contribution is 6.05. The molecular weight excluding hydrogens is 246 g/mol. The largest absolute Gasteiger partial charge is 0.369 e. The van der Waals surface area contributed by atoms with Gasteiger partial charge in [0.05, 0.1) is 6.42 Å². The second-order valence-corrected chi connectivity index (χ2v) is 4.65. The van der Waals surface area contributed by atoms with Gasteiger partial charge in [-0.25, -0.2) is 9.97 Å². The van der Waals surface area contributed by atoms with E-state index in [4.69, 9.17) is 5.73 Å². The molecule has 1 unspecified atom stereocenters. The van der Waals surface area contributed by atoms with Crippen molar-refractivity contribution in [3.05, 3.63) is 17.8 Å². The van der Waals surface area contributed by atoms with Crippen molar-refractivity contribution < 1.29 is 9.59 Å². The van der Waals surface area contributed by atoms with Crippen LogP contribution >= 0.6 is 0 Å². The third-order valence-corrected chi connectivity index (χ3v) is 3.37. The summed E-state index contributed by atoms with van der Waals surface area (Å²) in [5.74, 6) is -0.294. The van der Waals surface area contributed by atoms with Crippen LogP contribution in [0.25, 0.3) is 11.2 Å². The topological polar surface area (TPSA) is 94.1 Å². The van der Waals surface area contributed by atoms with Crippen LogP contribution in [0.3, 0.4) is 0 Å². The summed E-state index contributed by atoms with van der Waals surface area (Å²) in [7, 11) is 1.47. The van der Waals surface area contributed by atoms with Gasteiger partial charge in [-0.3, -0.25) is 19.1 Å². The third-order valence-electron chi connectivity index (χ3n) is 3.37. The molecule has 19 heavy (non-hydrogen) atoms. The molecule has 0 saturated carbocycles. The number of nitrogens with two attached hydrogens (primary N) is 1. The number of nitrogens with zero attached hydrogens (tertiary/aromatic N) is 4. The molecule has 1 saturated heterocycles. The number of imidazole rings is 1. The van der Waals surface area contributed by atoms with Gasteiger partial charge in [0.25, 0.3) is 5.91 Å². The zero-order valence-electron chi connectivity index (χ0n) is 10.6. The third kappa shape index (κ3) is 1.58.